The van der Waals surface area contributed by atoms with Gasteiger partial charge in [0.05, 0.1) is 12.1 Å². The number of benzene rings is 1. The second-order valence-electron chi connectivity index (χ2n) is 5.74. The normalized spacial score (nSPS) is 12.8. The van der Waals surface area contributed by atoms with Gasteiger partial charge in [0.15, 0.2) is 5.13 Å². The van der Waals surface area contributed by atoms with E-state index in [1.54, 1.807) is 11.8 Å². The van der Waals surface area contributed by atoms with Crippen LogP contribution in [0.3, 0.4) is 0 Å². The second-order valence-corrected chi connectivity index (χ2v) is 6.60. The van der Waals surface area contributed by atoms with Crippen molar-refractivity contribution in [3.63, 3.8) is 0 Å². The van der Waals surface area contributed by atoms with Crippen molar-refractivity contribution in [1.29, 1.82) is 0 Å². The fourth-order valence-electron chi connectivity index (χ4n) is 2.73. The highest BCUT2D eigenvalue weighted by atomic mass is 32.1. The summed E-state index contributed by atoms with van der Waals surface area (Å²) in [5.41, 5.74) is 3.62. The molecule has 2 heterocycles. The van der Waals surface area contributed by atoms with E-state index in [4.69, 9.17) is 5.11 Å². The van der Waals surface area contributed by atoms with Crippen LogP contribution in [0.1, 0.15) is 25.3 Å². The number of carbonyl (C=O) groups is 3. The van der Waals surface area contributed by atoms with Gasteiger partial charge in [-0.3, -0.25) is 14.4 Å². The van der Waals surface area contributed by atoms with Gasteiger partial charge in [-0.05, 0) is 18.1 Å². The Hall–Kier alpha value is -2.74. The van der Waals surface area contributed by atoms with Crippen molar-refractivity contribution in [2.75, 3.05) is 16.8 Å². The number of nitrogens with one attached hydrogen (secondary N) is 1. The van der Waals surface area contributed by atoms with Gasteiger partial charge in [0.2, 0.25) is 11.8 Å². The number of aromatic nitrogens is 1. The van der Waals surface area contributed by atoms with E-state index in [1.807, 2.05) is 23.6 Å². The van der Waals surface area contributed by atoms with Gasteiger partial charge in [-0.25, -0.2) is 4.98 Å². The van der Waals surface area contributed by atoms with E-state index in [0.717, 1.165) is 23.2 Å². The Morgan fingerprint density at radius 1 is 1.32 bits per heavy atom. The van der Waals surface area contributed by atoms with E-state index >= 15 is 0 Å². The van der Waals surface area contributed by atoms with Gasteiger partial charge in [-0.1, -0.05) is 12.1 Å². The number of anilines is 2. The van der Waals surface area contributed by atoms with E-state index in [0.29, 0.717) is 17.4 Å². The van der Waals surface area contributed by atoms with Crippen LogP contribution < -0.4 is 10.2 Å². The maximum absolute atomic E-state index is 11.7. The van der Waals surface area contributed by atoms with Crippen molar-refractivity contribution < 1.29 is 19.5 Å². The molecule has 1 aliphatic heterocycles. The van der Waals surface area contributed by atoms with E-state index in [2.05, 4.69) is 10.3 Å². The van der Waals surface area contributed by atoms with Crippen molar-refractivity contribution in [2.45, 2.75) is 26.2 Å². The van der Waals surface area contributed by atoms with Crippen molar-refractivity contribution in [3.8, 4) is 11.3 Å². The summed E-state index contributed by atoms with van der Waals surface area (Å²) in [4.78, 5) is 40.0. The van der Waals surface area contributed by atoms with Crippen LogP contribution in [-0.2, 0) is 20.8 Å². The molecule has 0 saturated carbocycles. The first-order valence-corrected chi connectivity index (χ1v) is 8.70. The molecule has 0 atom stereocenters. The van der Waals surface area contributed by atoms with E-state index in [1.165, 1.54) is 11.3 Å². The van der Waals surface area contributed by atoms with Crippen LogP contribution in [0, 0.1) is 0 Å². The summed E-state index contributed by atoms with van der Waals surface area (Å²) in [5.74, 6) is -1.37. The number of rotatable bonds is 5. The molecule has 0 unspecified atom stereocenters. The molecule has 0 radical (unpaired) electrons. The summed E-state index contributed by atoms with van der Waals surface area (Å²) >= 11 is 1.28. The molecule has 2 aromatic rings. The van der Waals surface area contributed by atoms with Crippen LogP contribution in [0.25, 0.3) is 11.3 Å². The van der Waals surface area contributed by atoms with Crippen LogP contribution in [0.4, 0.5) is 10.8 Å². The number of thiazole rings is 1. The Labute approximate surface area is 148 Å². The summed E-state index contributed by atoms with van der Waals surface area (Å²) < 4.78 is 0. The average molecular weight is 359 g/mol. The summed E-state index contributed by atoms with van der Waals surface area (Å²) in [7, 11) is 0. The molecule has 2 amide bonds. The predicted octanol–water partition coefficient (Wildman–Crippen LogP) is 2.52. The Bertz CT molecular complexity index is 846. The SMILES string of the molecule is CC(=O)N1CCc2ccc(-c3csc(NC(=O)CCC(=O)O)n3)cc21. The minimum atomic E-state index is -1.01. The molecule has 0 aliphatic carbocycles. The van der Waals surface area contributed by atoms with E-state index in [9.17, 15) is 14.4 Å². The molecule has 2 N–H and O–H groups in total. The van der Waals surface area contributed by atoms with Crippen molar-refractivity contribution >= 4 is 39.9 Å². The van der Waals surface area contributed by atoms with Gasteiger partial charge >= 0.3 is 5.97 Å². The molecule has 1 aromatic carbocycles. The summed E-state index contributed by atoms with van der Waals surface area (Å²) in [6.07, 6.45) is 0.545. The number of hydrogen-bond acceptors (Lipinski definition) is 5. The summed E-state index contributed by atoms with van der Waals surface area (Å²) in [6, 6.07) is 5.89. The molecular formula is C17H17N3O4S. The van der Waals surface area contributed by atoms with E-state index < -0.39 is 5.97 Å². The fraction of sp³-hybridized carbons (Fsp3) is 0.294. The monoisotopic (exact) mass is 359 g/mol. The zero-order chi connectivity index (χ0) is 18.0. The van der Waals surface area contributed by atoms with Crippen LogP contribution in [0.15, 0.2) is 23.6 Å². The van der Waals surface area contributed by atoms with Crippen LogP contribution >= 0.6 is 11.3 Å². The fourth-order valence-corrected chi connectivity index (χ4v) is 3.47. The van der Waals surface area contributed by atoms with Crippen molar-refractivity contribution in [3.05, 3.63) is 29.1 Å². The number of carboxylic acids is 1. The van der Waals surface area contributed by atoms with Gasteiger partial charge in [-0.2, -0.15) is 0 Å². The lowest BCUT2D eigenvalue weighted by atomic mass is 10.1. The van der Waals surface area contributed by atoms with E-state index in [-0.39, 0.29) is 24.7 Å². The third kappa shape index (κ3) is 3.85. The topological polar surface area (TPSA) is 99.6 Å². The summed E-state index contributed by atoms with van der Waals surface area (Å²) in [6.45, 7) is 2.24. The van der Waals surface area contributed by atoms with Gasteiger partial charge in [0.1, 0.15) is 0 Å². The standard InChI is InChI=1S/C17H17N3O4S/c1-10(21)20-7-6-11-2-3-12(8-14(11)20)13-9-25-17(18-13)19-15(22)4-5-16(23)24/h2-3,8-9H,4-7H2,1H3,(H,23,24)(H,18,19,22). The Morgan fingerprint density at radius 2 is 2.12 bits per heavy atom. The lowest BCUT2D eigenvalue weighted by Gasteiger charge is -2.15. The zero-order valence-corrected chi connectivity index (χ0v) is 14.4. The molecule has 1 aromatic heterocycles. The van der Waals surface area contributed by atoms with Gasteiger partial charge < -0.3 is 15.3 Å². The molecule has 3 rings (SSSR count). The van der Waals surface area contributed by atoms with Crippen LogP contribution in [-0.4, -0.2) is 34.4 Å². The minimum absolute atomic E-state index is 0.0144. The molecule has 130 valence electrons. The summed E-state index contributed by atoms with van der Waals surface area (Å²) in [5, 5.41) is 13.5. The van der Waals surface area contributed by atoms with Crippen LogP contribution in [0.5, 0.6) is 0 Å². The quantitative estimate of drug-likeness (QED) is 0.854. The number of hydrogen-bond donors (Lipinski definition) is 2. The average Bonchev–Trinajstić information content (AvgIpc) is 3.18. The second kappa shape index (κ2) is 7.02. The molecule has 25 heavy (non-hydrogen) atoms. The zero-order valence-electron chi connectivity index (χ0n) is 13.6. The number of aliphatic carboxylic acids is 1. The Kier molecular flexibility index (Phi) is 4.80. The molecule has 0 saturated heterocycles. The molecule has 0 fully saturated rings. The molecule has 1 aliphatic rings. The molecule has 0 bridgehead atoms. The van der Waals surface area contributed by atoms with Gasteiger partial charge in [0.25, 0.3) is 0 Å². The molecule has 8 heteroatoms. The third-order valence-corrected chi connectivity index (χ3v) is 4.73. The highest BCUT2D eigenvalue weighted by Gasteiger charge is 2.22. The van der Waals surface area contributed by atoms with Gasteiger partial charge in [-0.15, -0.1) is 11.3 Å². The molecular weight excluding hydrogens is 342 g/mol. The minimum Gasteiger partial charge on any atom is -0.481 e. The van der Waals surface area contributed by atoms with Crippen molar-refractivity contribution in [2.24, 2.45) is 0 Å². The first kappa shape index (κ1) is 17.1. The van der Waals surface area contributed by atoms with Gasteiger partial charge in [0, 0.05) is 36.5 Å². The van der Waals surface area contributed by atoms with Crippen LogP contribution in [0.2, 0.25) is 0 Å². The van der Waals surface area contributed by atoms with Crippen molar-refractivity contribution in [1.82, 2.24) is 4.98 Å². The third-order valence-electron chi connectivity index (χ3n) is 3.97. The predicted molar refractivity (Wildman–Crippen MR) is 94.8 cm³/mol. The molecule has 7 nitrogen and oxygen atoms in total. The Balaban J connectivity index is 1.75. The number of nitrogens with zero attached hydrogens (tertiary/aromatic N) is 2. The lowest BCUT2D eigenvalue weighted by Crippen LogP contribution is -2.25. The lowest BCUT2D eigenvalue weighted by molar-refractivity contribution is -0.138. The molecule has 0 spiro atoms. The first-order valence-electron chi connectivity index (χ1n) is 7.82. The maximum atomic E-state index is 11.7. The Morgan fingerprint density at radius 3 is 2.84 bits per heavy atom. The number of amides is 2. The number of carbonyl (C=O) groups excluding carboxylic acids is 2. The smallest absolute Gasteiger partial charge is 0.303 e. The largest absolute Gasteiger partial charge is 0.481 e. The maximum Gasteiger partial charge on any atom is 0.303 e. The number of carboxylic acid groups (broad SMARTS) is 1. The highest BCUT2D eigenvalue weighted by Crippen LogP contribution is 2.34. The first-order chi connectivity index (χ1) is 11.9. The number of fused-ring (bicyclic) bond motifs is 1. The highest BCUT2D eigenvalue weighted by molar-refractivity contribution is 7.14.